The van der Waals surface area contributed by atoms with Crippen molar-refractivity contribution in [2.45, 2.75) is 287 Å². The van der Waals surface area contributed by atoms with Crippen molar-refractivity contribution >= 4 is 117 Å². The third kappa shape index (κ3) is 16.9. The smallest absolute Gasteiger partial charge is 0.152 e. The second-order valence-corrected chi connectivity index (χ2v) is 36.0. The fourth-order valence-corrected chi connectivity index (χ4v) is 29.0. The predicted octanol–water partition coefficient (Wildman–Crippen LogP) is 18.6. The van der Waals surface area contributed by atoms with Crippen molar-refractivity contribution in [3.8, 4) is 0 Å². The molecule has 5 atom stereocenters. The van der Waals surface area contributed by atoms with Crippen LogP contribution in [0, 0.1) is 22.2 Å². The van der Waals surface area contributed by atoms with Gasteiger partial charge in [-0.1, -0.05) is 124 Å². The molecule has 8 fully saturated rings. The lowest BCUT2D eigenvalue weighted by atomic mass is 9.61. The SMILES string of the molecule is CCCCCSCC(=O)CSC(CCCC)C(CC)C1SCC(=O)CSC(C2(SCC(=O)CS[C@H]3CCC34CC4)CCCCCCC2)C2(CCC3(CCCCC3)CC2)SCC(=O)CSC12CCC1(CCCCC1)CC2. The third-order valence-corrected chi connectivity index (χ3v) is 34.1. The van der Waals surface area contributed by atoms with Crippen LogP contribution >= 0.6 is 94.1 Å². The van der Waals surface area contributed by atoms with Crippen molar-refractivity contribution in [3.05, 3.63) is 0 Å². The monoisotopic (exact) mass is 1180 g/mol. The van der Waals surface area contributed by atoms with Crippen LogP contribution in [0.4, 0.5) is 0 Å². The summed E-state index contributed by atoms with van der Waals surface area (Å²) >= 11 is 16.0. The molecule has 4 unspecified atom stereocenters. The summed E-state index contributed by atoms with van der Waals surface area (Å²) in [7, 11) is 0. The van der Waals surface area contributed by atoms with Crippen molar-refractivity contribution < 1.29 is 19.2 Å². The molecule has 7 aliphatic carbocycles. The van der Waals surface area contributed by atoms with Crippen LogP contribution in [-0.4, -0.2) is 110 Å². The van der Waals surface area contributed by atoms with E-state index < -0.39 is 0 Å². The Labute approximate surface area is 493 Å². The van der Waals surface area contributed by atoms with E-state index in [0.29, 0.717) is 102 Å². The summed E-state index contributed by atoms with van der Waals surface area (Å²) in [6.07, 6.45) is 45.3. The van der Waals surface area contributed by atoms with E-state index in [-0.39, 0.29) is 24.7 Å². The zero-order valence-electron chi connectivity index (χ0n) is 47.6. The van der Waals surface area contributed by atoms with Gasteiger partial charge in [0.15, 0.2) is 23.1 Å². The Morgan fingerprint density at radius 3 is 1.68 bits per heavy atom. The second-order valence-electron chi connectivity index (χ2n) is 26.1. The topological polar surface area (TPSA) is 68.3 Å². The molecule has 8 rings (SSSR count). The van der Waals surface area contributed by atoms with Gasteiger partial charge in [-0.2, -0.15) is 35.3 Å². The van der Waals surface area contributed by atoms with Gasteiger partial charge in [-0.15, -0.1) is 58.8 Å². The molecule has 1 heterocycles. The van der Waals surface area contributed by atoms with E-state index in [1.807, 2.05) is 70.6 Å². The summed E-state index contributed by atoms with van der Waals surface area (Å²) in [6, 6.07) is 0. The van der Waals surface area contributed by atoms with Gasteiger partial charge in [-0.25, -0.2) is 0 Å². The third-order valence-electron chi connectivity index (χ3n) is 20.9. The van der Waals surface area contributed by atoms with Crippen LogP contribution < -0.4 is 0 Å². The van der Waals surface area contributed by atoms with Gasteiger partial charge < -0.3 is 0 Å². The number of Topliss-reactive ketones (excluding diaryl/α,β-unsaturated/α-hetero) is 4. The summed E-state index contributed by atoms with van der Waals surface area (Å²) in [5.41, 5.74) is 1.48. The van der Waals surface area contributed by atoms with Crippen LogP contribution in [0.15, 0.2) is 0 Å². The summed E-state index contributed by atoms with van der Waals surface area (Å²) in [5, 5.41) is 1.55. The molecule has 8 aliphatic rings. The first-order valence-electron chi connectivity index (χ1n) is 31.5. The first-order chi connectivity index (χ1) is 36.4. The molecule has 428 valence electrons. The maximum atomic E-state index is 15.2. The predicted molar refractivity (Wildman–Crippen MR) is 342 cm³/mol. The number of carbonyl (C=O) groups excluding carboxylic acids is 4. The maximum Gasteiger partial charge on any atom is 0.152 e. The molecule has 4 nitrogen and oxygen atoms in total. The molecular formula is C63H104O4S8. The quantitative estimate of drug-likeness (QED) is 0.0970. The van der Waals surface area contributed by atoms with Crippen LogP contribution in [0.1, 0.15) is 252 Å². The fourth-order valence-electron chi connectivity index (χ4n) is 15.8. The zero-order valence-corrected chi connectivity index (χ0v) is 54.1. The van der Waals surface area contributed by atoms with Gasteiger partial charge in [0.25, 0.3) is 0 Å². The Balaban J connectivity index is 1.08. The van der Waals surface area contributed by atoms with E-state index in [1.54, 1.807) is 0 Å². The van der Waals surface area contributed by atoms with Gasteiger partial charge in [-0.05, 0) is 156 Å². The number of rotatable bonds is 22. The van der Waals surface area contributed by atoms with Crippen molar-refractivity contribution in [1.29, 1.82) is 0 Å². The normalized spacial score (nSPS) is 29.5. The van der Waals surface area contributed by atoms with E-state index in [1.165, 1.54) is 167 Å². The molecule has 0 aromatic rings. The Morgan fingerprint density at radius 2 is 1.09 bits per heavy atom. The molecule has 0 radical (unpaired) electrons. The van der Waals surface area contributed by atoms with Gasteiger partial charge in [-0.3, -0.25) is 19.2 Å². The van der Waals surface area contributed by atoms with Gasteiger partial charge in [0.2, 0.25) is 0 Å². The number of carbonyl (C=O) groups is 4. The first kappa shape index (κ1) is 62.5. The number of unbranched alkanes of at least 4 members (excludes halogenated alkanes) is 3. The molecule has 0 N–H and O–H groups in total. The lowest BCUT2D eigenvalue weighted by Crippen LogP contribution is -2.55. The van der Waals surface area contributed by atoms with Crippen molar-refractivity contribution in [1.82, 2.24) is 0 Å². The Hall–Kier alpha value is 1.48. The molecule has 12 heteroatoms. The van der Waals surface area contributed by atoms with Crippen LogP contribution in [0.5, 0.6) is 0 Å². The van der Waals surface area contributed by atoms with Gasteiger partial charge in [0.1, 0.15) is 0 Å². The fraction of sp³-hybridized carbons (Fsp3) is 0.937. The maximum absolute atomic E-state index is 15.2. The summed E-state index contributed by atoms with van der Waals surface area (Å²) in [4.78, 5) is 58.2. The van der Waals surface area contributed by atoms with Crippen molar-refractivity contribution in [2.24, 2.45) is 22.2 Å². The van der Waals surface area contributed by atoms with E-state index in [9.17, 15) is 9.59 Å². The van der Waals surface area contributed by atoms with Gasteiger partial charge in [0.05, 0.1) is 46.0 Å². The highest BCUT2D eigenvalue weighted by molar-refractivity contribution is 8.08. The summed E-state index contributed by atoms with van der Waals surface area (Å²) in [6.45, 7) is 6.97. The minimum Gasteiger partial charge on any atom is -0.298 e. The zero-order chi connectivity index (χ0) is 52.7. The van der Waals surface area contributed by atoms with E-state index in [2.05, 4.69) is 44.3 Å². The highest BCUT2D eigenvalue weighted by atomic mass is 32.2. The van der Waals surface area contributed by atoms with Crippen LogP contribution in [0.3, 0.4) is 0 Å². The van der Waals surface area contributed by atoms with Crippen molar-refractivity contribution in [3.63, 3.8) is 0 Å². The number of hydrogen-bond donors (Lipinski definition) is 0. The Morgan fingerprint density at radius 1 is 0.547 bits per heavy atom. The second kappa shape index (κ2) is 30.3. The molecule has 5 spiro atoms. The van der Waals surface area contributed by atoms with E-state index in [4.69, 9.17) is 0 Å². The van der Waals surface area contributed by atoms with Crippen molar-refractivity contribution in [2.75, 3.05) is 51.8 Å². The largest absolute Gasteiger partial charge is 0.298 e. The highest BCUT2D eigenvalue weighted by Gasteiger charge is 2.58. The van der Waals surface area contributed by atoms with Gasteiger partial charge >= 0.3 is 0 Å². The molecule has 75 heavy (non-hydrogen) atoms. The number of hydrogen-bond acceptors (Lipinski definition) is 12. The summed E-state index contributed by atoms with van der Waals surface area (Å²) < 4.78 is -0.227. The molecule has 1 saturated heterocycles. The Kier molecular flexibility index (Phi) is 25.3. The Bertz CT molecular complexity index is 1780. The molecule has 1 aliphatic heterocycles. The standard InChI is InChI=1S/C63H104O4S8/c1-4-7-20-40-68-41-49(64)42-69-54(21-8-5-2)53(6-3)56-61(36-30-58(31-37-61)23-14-12-15-24-58)73-47-52(67)48-75-63(38-32-59(33-39-63)25-16-13-17-26-59)57(72-45-50(65)44-71-56)62(27-18-10-9-11-19-28-62)74-46-51(66)43-70-55-22-29-60(55)34-35-60/h53-57H,4-48H2,1-3H3/t53?,54?,55-,56?,57?/m0/s1. The minimum absolute atomic E-state index is 0.0588. The average molecular weight is 1180 g/mol. The summed E-state index contributed by atoms with van der Waals surface area (Å²) in [5.74, 6) is 7.81. The molecule has 0 aromatic heterocycles. The highest BCUT2D eigenvalue weighted by Crippen LogP contribution is 2.66. The average Bonchev–Trinajstić information content (AvgIpc) is 4.25. The molecule has 0 amide bonds. The van der Waals surface area contributed by atoms with Crippen LogP contribution in [-0.2, 0) is 19.2 Å². The van der Waals surface area contributed by atoms with Gasteiger partial charge in [0, 0.05) is 35.2 Å². The van der Waals surface area contributed by atoms with Crippen LogP contribution in [0.2, 0.25) is 0 Å². The lowest BCUT2D eigenvalue weighted by Gasteiger charge is -2.56. The molecule has 0 aromatic carbocycles. The van der Waals surface area contributed by atoms with E-state index >= 15 is 9.59 Å². The first-order valence-corrected chi connectivity index (χ1v) is 39.8. The minimum atomic E-state index is -0.0851. The van der Waals surface area contributed by atoms with Crippen LogP contribution in [0.25, 0.3) is 0 Å². The van der Waals surface area contributed by atoms with E-state index in [0.717, 1.165) is 70.0 Å². The number of ketones is 4. The molecule has 7 saturated carbocycles. The lowest BCUT2D eigenvalue weighted by molar-refractivity contribution is -0.115. The molecule has 0 bridgehead atoms. The molecular weight excluding hydrogens is 1080 g/mol. The number of thioether (sulfide) groups is 8.